The lowest BCUT2D eigenvalue weighted by molar-refractivity contribution is -0.413. The molecule has 2 rings (SSSR count). The molecule has 0 aliphatic carbocycles. The second-order valence-corrected chi connectivity index (χ2v) is 5.63. The fourth-order valence-corrected chi connectivity index (χ4v) is 2.74. The van der Waals surface area contributed by atoms with E-state index < -0.39 is 0 Å². The van der Waals surface area contributed by atoms with Gasteiger partial charge >= 0.3 is 0 Å². The molecule has 0 aliphatic rings. The van der Waals surface area contributed by atoms with Crippen LogP contribution in [0.25, 0.3) is 0 Å². The maximum atomic E-state index is 9.28. The Labute approximate surface area is 112 Å². The highest BCUT2D eigenvalue weighted by Gasteiger charge is 2.07. The van der Waals surface area contributed by atoms with E-state index in [0.29, 0.717) is 11.8 Å². The van der Waals surface area contributed by atoms with Gasteiger partial charge in [-0.2, -0.15) is 0 Å². The molecule has 3 heteroatoms. The largest absolute Gasteiger partial charge is 0.508 e. The van der Waals surface area contributed by atoms with Crippen LogP contribution >= 0.6 is 11.8 Å². The van der Waals surface area contributed by atoms with E-state index in [1.165, 1.54) is 10.5 Å². The molecule has 0 fully saturated rings. The number of phenolic OH excluding ortho intramolecular Hbond substituents is 1. The van der Waals surface area contributed by atoms with E-state index in [4.69, 9.17) is 0 Å². The second-order valence-electron chi connectivity index (χ2n) is 4.51. The predicted octanol–water partition coefficient (Wildman–Crippen LogP) is 2.72. The van der Waals surface area contributed by atoms with Crippen molar-refractivity contribution in [3.8, 4) is 5.75 Å². The average Bonchev–Trinajstić information content (AvgIpc) is 2.34. The number of hydrogen-bond donors (Lipinski definition) is 2. The zero-order valence-electron chi connectivity index (χ0n) is 10.5. The van der Waals surface area contributed by atoms with Gasteiger partial charge < -0.3 is 10.8 Å². The zero-order chi connectivity index (χ0) is 13.0. The minimum atomic E-state index is 0.305. The summed E-state index contributed by atoms with van der Waals surface area (Å²) in [4.78, 5) is 2.40. The maximum absolute atomic E-state index is 9.28. The molecule has 1 atom stereocenters. The van der Waals surface area contributed by atoms with Crippen LogP contribution in [0.15, 0.2) is 58.3 Å². The van der Waals surface area contributed by atoms with Crippen LogP contribution in [0.3, 0.4) is 0 Å². The summed E-state index contributed by atoms with van der Waals surface area (Å²) in [6.45, 7) is 2.13. The Morgan fingerprint density at radius 3 is 2.44 bits per heavy atom. The van der Waals surface area contributed by atoms with Gasteiger partial charge in [-0.25, -0.2) is 0 Å². The summed E-state index contributed by atoms with van der Waals surface area (Å²) >= 11 is 1.73. The van der Waals surface area contributed by atoms with E-state index in [0.717, 1.165) is 11.3 Å². The molecule has 0 amide bonds. The highest BCUT2D eigenvalue weighted by molar-refractivity contribution is 7.99. The second kappa shape index (κ2) is 5.94. The van der Waals surface area contributed by atoms with Crippen LogP contribution in [0, 0.1) is 0 Å². The molecule has 2 aromatic rings. The summed E-state index contributed by atoms with van der Waals surface area (Å²) in [7, 11) is 0. The summed E-state index contributed by atoms with van der Waals surface area (Å²) in [5.41, 5.74) is 5.38. The summed E-state index contributed by atoms with van der Waals surface area (Å²) in [5, 5.41) is 9.28. The minimum Gasteiger partial charge on any atom is -0.508 e. The maximum Gasteiger partial charge on any atom is 0.115 e. The smallest absolute Gasteiger partial charge is 0.115 e. The molecule has 0 heterocycles. The van der Waals surface area contributed by atoms with Crippen LogP contribution in [-0.4, -0.2) is 11.1 Å². The molecule has 0 saturated carbocycles. The van der Waals surface area contributed by atoms with Gasteiger partial charge in [-0.3, -0.25) is 0 Å². The molecule has 2 aromatic carbocycles. The fourth-order valence-electron chi connectivity index (χ4n) is 1.79. The third-order valence-corrected chi connectivity index (χ3v) is 3.73. The van der Waals surface area contributed by atoms with Crippen molar-refractivity contribution in [1.82, 2.24) is 0 Å². The normalized spacial score (nSPS) is 12.3. The van der Waals surface area contributed by atoms with Gasteiger partial charge in [0.05, 0.1) is 6.04 Å². The van der Waals surface area contributed by atoms with Gasteiger partial charge in [-0.15, -0.1) is 0 Å². The van der Waals surface area contributed by atoms with Crippen molar-refractivity contribution in [3.05, 3.63) is 54.1 Å². The van der Waals surface area contributed by atoms with Crippen LogP contribution in [-0.2, 0) is 6.42 Å². The lowest BCUT2D eigenvalue weighted by Gasteiger charge is -2.09. The fraction of sp³-hybridized carbons (Fsp3) is 0.200. The van der Waals surface area contributed by atoms with Crippen LogP contribution in [0.5, 0.6) is 5.75 Å². The average molecular weight is 260 g/mol. The van der Waals surface area contributed by atoms with Gasteiger partial charge in [0.1, 0.15) is 5.75 Å². The third-order valence-electron chi connectivity index (χ3n) is 2.61. The molecule has 0 aromatic heterocycles. The SMILES string of the molecule is C[C@@H]([NH3+])Cc1ccccc1Sc1ccc(O)cc1. The number of benzene rings is 2. The number of rotatable bonds is 4. The zero-order valence-corrected chi connectivity index (χ0v) is 11.3. The van der Waals surface area contributed by atoms with E-state index >= 15 is 0 Å². The molecule has 2 nitrogen and oxygen atoms in total. The van der Waals surface area contributed by atoms with Gasteiger partial charge in [-0.05, 0) is 42.8 Å². The Kier molecular flexibility index (Phi) is 4.28. The van der Waals surface area contributed by atoms with E-state index in [-0.39, 0.29) is 0 Å². The molecular weight excluding hydrogens is 242 g/mol. The first-order valence-electron chi connectivity index (χ1n) is 6.03. The lowest BCUT2D eigenvalue weighted by atomic mass is 10.1. The minimum absolute atomic E-state index is 0.305. The predicted molar refractivity (Wildman–Crippen MR) is 74.7 cm³/mol. The van der Waals surface area contributed by atoms with Gasteiger partial charge in [0.15, 0.2) is 0 Å². The van der Waals surface area contributed by atoms with E-state index in [9.17, 15) is 5.11 Å². The molecule has 0 saturated heterocycles. The van der Waals surface area contributed by atoms with Crippen LogP contribution < -0.4 is 5.73 Å². The molecule has 18 heavy (non-hydrogen) atoms. The summed E-state index contributed by atoms with van der Waals surface area (Å²) in [5.74, 6) is 0.305. The number of phenols is 1. The summed E-state index contributed by atoms with van der Waals surface area (Å²) < 4.78 is 0. The van der Waals surface area contributed by atoms with Crippen molar-refractivity contribution >= 4 is 11.8 Å². The van der Waals surface area contributed by atoms with Crippen molar-refractivity contribution in [1.29, 1.82) is 0 Å². The van der Waals surface area contributed by atoms with Gasteiger partial charge in [-0.1, -0.05) is 30.0 Å². The number of hydrogen-bond acceptors (Lipinski definition) is 2. The van der Waals surface area contributed by atoms with Crippen molar-refractivity contribution in [2.24, 2.45) is 0 Å². The summed E-state index contributed by atoms with van der Waals surface area (Å²) in [6, 6.07) is 16.1. The Bertz CT molecular complexity index is 508. The molecule has 0 radical (unpaired) electrons. The molecule has 0 aliphatic heterocycles. The van der Waals surface area contributed by atoms with Crippen molar-refractivity contribution < 1.29 is 10.8 Å². The number of quaternary nitrogens is 1. The van der Waals surface area contributed by atoms with Gasteiger partial charge in [0.25, 0.3) is 0 Å². The number of aromatic hydroxyl groups is 1. The monoisotopic (exact) mass is 260 g/mol. The topological polar surface area (TPSA) is 47.9 Å². The highest BCUT2D eigenvalue weighted by Crippen LogP contribution is 2.31. The highest BCUT2D eigenvalue weighted by atomic mass is 32.2. The Morgan fingerprint density at radius 1 is 1.11 bits per heavy atom. The molecule has 4 N–H and O–H groups in total. The van der Waals surface area contributed by atoms with Gasteiger partial charge in [0, 0.05) is 16.2 Å². The Balaban J connectivity index is 2.20. The molecule has 0 spiro atoms. The van der Waals surface area contributed by atoms with Crippen molar-refractivity contribution in [2.45, 2.75) is 29.2 Å². The third kappa shape index (κ3) is 3.52. The first-order chi connectivity index (χ1) is 8.65. The van der Waals surface area contributed by atoms with Crippen molar-refractivity contribution in [3.63, 3.8) is 0 Å². The first-order valence-corrected chi connectivity index (χ1v) is 6.84. The standard InChI is InChI=1S/C15H17NOS/c1-11(16)10-12-4-2-3-5-15(12)18-14-8-6-13(17)7-9-14/h2-9,11,17H,10,16H2,1H3/p+1/t11-/m1/s1. The van der Waals surface area contributed by atoms with Crippen molar-refractivity contribution in [2.75, 3.05) is 0 Å². The van der Waals surface area contributed by atoms with E-state index in [2.05, 4.69) is 36.9 Å². The van der Waals surface area contributed by atoms with Crippen LogP contribution in [0.2, 0.25) is 0 Å². The van der Waals surface area contributed by atoms with Gasteiger partial charge in [0.2, 0.25) is 0 Å². The molecule has 94 valence electrons. The van der Waals surface area contributed by atoms with E-state index in [1.54, 1.807) is 23.9 Å². The molecule has 0 unspecified atom stereocenters. The van der Waals surface area contributed by atoms with Crippen LogP contribution in [0.1, 0.15) is 12.5 Å². The quantitative estimate of drug-likeness (QED) is 0.888. The Hall–Kier alpha value is -1.45. The molecule has 0 bridgehead atoms. The molecular formula is C15H18NOS+. The Morgan fingerprint density at radius 2 is 1.78 bits per heavy atom. The first kappa shape index (κ1) is 13.0. The summed E-state index contributed by atoms with van der Waals surface area (Å²) in [6.07, 6.45) is 0.987. The van der Waals surface area contributed by atoms with Crippen LogP contribution in [0.4, 0.5) is 0 Å². The van der Waals surface area contributed by atoms with E-state index in [1.807, 2.05) is 12.1 Å². The lowest BCUT2D eigenvalue weighted by Crippen LogP contribution is -2.60.